The molecule has 7 heteroatoms. The number of carbonyl (C=O) groups is 2. The summed E-state index contributed by atoms with van der Waals surface area (Å²) in [5.41, 5.74) is 4.35. The summed E-state index contributed by atoms with van der Waals surface area (Å²) < 4.78 is 10.5. The van der Waals surface area contributed by atoms with Gasteiger partial charge in [0.05, 0.1) is 6.21 Å². The molecule has 0 bridgehead atoms. The van der Waals surface area contributed by atoms with Gasteiger partial charge >= 0.3 is 0 Å². The van der Waals surface area contributed by atoms with Crippen LogP contribution in [0.2, 0.25) is 0 Å². The van der Waals surface area contributed by atoms with E-state index in [0.717, 1.165) is 12.0 Å². The fourth-order valence-corrected chi connectivity index (χ4v) is 2.38. The van der Waals surface area contributed by atoms with Gasteiger partial charge in [-0.2, -0.15) is 5.10 Å². The number of ether oxygens (including phenoxy) is 2. The second-order valence-corrected chi connectivity index (χ2v) is 5.69. The summed E-state index contributed by atoms with van der Waals surface area (Å²) in [6.07, 6.45) is 2.78. The van der Waals surface area contributed by atoms with Crippen molar-refractivity contribution >= 4 is 23.7 Å². The second-order valence-electron chi connectivity index (χ2n) is 5.69. The molecule has 26 heavy (non-hydrogen) atoms. The maximum Gasteiger partial charge on any atom is 0.271 e. The number of rotatable bonds is 6. The number of benzene rings is 2. The zero-order chi connectivity index (χ0) is 18.4. The van der Waals surface area contributed by atoms with Crippen LogP contribution in [0.25, 0.3) is 0 Å². The van der Waals surface area contributed by atoms with Crippen molar-refractivity contribution in [2.75, 3.05) is 12.1 Å². The van der Waals surface area contributed by atoms with Crippen molar-refractivity contribution in [1.82, 2.24) is 5.43 Å². The number of carbonyl (C=O) groups excluding carboxylic acids is 2. The van der Waals surface area contributed by atoms with Crippen LogP contribution in [0, 0.1) is 0 Å². The standard InChI is InChI=1S/C19H19N3O4/c1-2-3-18(23)21-15-7-5-14(6-8-15)19(24)22-20-11-13-4-9-16-17(10-13)26-12-25-16/h4-11H,2-3,12H2,1H3,(H,21,23)(H,22,24). The quantitative estimate of drug-likeness (QED) is 0.617. The lowest BCUT2D eigenvalue weighted by molar-refractivity contribution is -0.116. The van der Waals surface area contributed by atoms with Gasteiger partial charge in [-0.3, -0.25) is 9.59 Å². The number of hydrazone groups is 1. The fraction of sp³-hybridized carbons (Fsp3) is 0.211. The molecule has 0 saturated carbocycles. The Balaban J connectivity index is 1.55. The van der Waals surface area contributed by atoms with Crippen molar-refractivity contribution in [1.29, 1.82) is 0 Å². The predicted molar refractivity (Wildman–Crippen MR) is 97.6 cm³/mol. The lowest BCUT2D eigenvalue weighted by Gasteiger charge is -2.05. The lowest BCUT2D eigenvalue weighted by atomic mass is 10.2. The third kappa shape index (κ3) is 4.38. The van der Waals surface area contributed by atoms with E-state index in [1.54, 1.807) is 36.4 Å². The van der Waals surface area contributed by atoms with Crippen molar-refractivity contribution in [2.24, 2.45) is 5.10 Å². The third-order valence-corrected chi connectivity index (χ3v) is 3.68. The van der Waals surface area contributed by atoms with Gasteiger partial charge in [-0.1, -0.05) is 6.92 Å². The highest BCUT2D eigenvalue weighted by Crippen LogP contribution is 2.31. The molecule has 2 amide bonds. The first kappa shape index (κ1) is 17.5. The minimum atomic E-state index is -0.339. The van der Waals surface area contributed by atoms with Gasteiger partial charge in [0.2, 0.25) is 12.7 Å². The van der Waals surface area contributed by atoms with Crippen LogP contribution in [0.4, 0.5) is 5.69 Å². The normalized spacial score (nSPS) is 12.2. The first-order valence-corrected chi connectivity index (χ1v) is 8.28. The summed E-state index contributed by atoms with van der Waals surface area (Å²) in [5.74, 6) is 0.963. The van der Waals surface area contributed by atoms with Gasteiger partial charge in [0, 0.05) is 17.7 Å². The molecule has 0 saturated heterocycles. The fourth-order valence-electron chi connectivity index (χ4n) is 2.38. The minimum Gasteiger partial charge on any atom is -0.454 e. The van der Waals surface area contributed by atoms with Gasteiger partial charge < -0.3 is 14.8 Å². The summed E-state index contributed by atoms with van der Waals surface area (Å²) in [4.78, 5) is 23.7. The number of hydrogen-bond acceptors (Lipinski definition) is 5. The van der Waals surface area contributed by atoms with Gasteiger partial charge in [-0.05, 0) is 54.4 Å². The number of anilines is 1. The molecular weight excluding hydrogens is 334 g/mol. The van der Waals surface area contributed by atoms with Crippen LogP contribution in [-0.2, 0) is 4.79 Å². The van der Waals surface area contributed by atoms with Gasteiger partial charge in [-0.15, -0.1) is 0 Å². The molecule has 0 aliphatic carbocycles. The largest absolute Gasteiger partial charge is 0.454 e. The zero-order valence-electron chi connectivity index (χ0n) is 14.3. The maximum atomic E-state index is 12.1. The summed E-state index contributed by atoms with van der Waals surface area (Å²) in [6.45, 7) is 2.15. The summed E-state index contributed by atoms with van der Waals surface area (Å²) in [7, 11) is 0. The van der Waals surface area contributed by atoms with Gasteiger partial charge in [0.25, 0.3) is 5.91 Å². The van der Waals surface area contributed by atoms with E-state index < -0.39 is 0 Å². The first-order chi connectivity index (χ1) is 12.7. The van der Waals surface area contributed by atoms with E-state index in [9.17, 15) is 9.59 Å². The number of hydrogen-bond donors (Lipinski definition) is 2. The monoisotopic (exact) mass is 353 g/mol. The molecule has 0 atom stereocenters. The molecule has 3 rings (SSSR count). The third-order valence-electron chi connectivity index (χ3n) is 3.68. The average Bonchev–Trinajstić information content (AvgIpc) is 3.10. The van der Waals surface area contributed by atoms with Gasteiger partial charge in [0.1, 0.15) is 0 Å². The highest BCUT2D eigenvalue weighted by molar-refractivity contribution is 5.96. The Bertz CT molecular complexity index is 831. The molecule has 2 N–H and O–H groups in total. The number of amides is 2. The van der Waals surface area contributed by atoms with Crippen LogP contribution in [0.1, 0.15) is 35.7 Å². The van der Waals surface area contributed by atoms with E-state index in [-0.39, 0.29) is 18.6 Å². The molecule has 0 unspecified atom stereocenters. The number of fused-ring (bicyclic) bond motifs is 1. The zero-order valence-corrected chi connectivity index (χ0v) is 14.3. The summed E-state index contributed by atoms with van der Waals surface area (Å²) in [5, 5.41) is 6.72. The van der Waals surface area contributed by atoms with Crippen molar-refractivity contribution in [3.63, 3.8) is 0 Å². The minimum absolute atomic E-state index is 0.0435. The molecule has 2 aromatic rings. The van der Waals surface area contributed by atoms with E-state index in [0.29, 0.717) is 29.2 Å². The van der Waals surface area contributed by atoms with Gasteiger partial charge in [0.15, 0.2) is 11.5 Å². The highest BCUT2D eigenvalue weighted by Gasteiger charge is 2.12. The van der Waals surface area contributed by atoms with Crippen molar-refractivity contribution in [3.05, 3.63) is 53.6 Å². The topological polar surface area (TPSA) is 89.0 Å². The van der Waals surface area contributed by atoms with Crippen molar-refractivity contribution in [3.8, 4) is 11.5 Å². The van der Waals surface area contributed by atoms with E-state index >= 15 is 0 Å². The van der Waals surface area contributed by atoms with Crippen LogP contribution >= 0.6 is 0 Å². The molecule has 134 valence electrons. The van der Waals surface area contributed by atoms with E-state index in [1.165, 1.54) is 6.21 Å². The second kappa shape index (κ2) is 8.15. The smallest absolute Gasteiger partial charge is 0.271 e. The summed E-state index contributed by atoms with van der Waals surface area (Å²) >= 11 is 0. The van der Waals surface area contributed by atoms with Gasteiger partial charge in [-0.25, -0.2) is 5.43 Å². The Hall–Kier alpha value is -3.35. The van der Waals surface area contributed by atoms with E-state index in [2.05, 4.69) is 15.8 Å². The molecule has 1 aliphatic rings. The molecule has 0 radical (unpaired) electrons. The van der Waals surface area contributed by atoms with E-state index in [4.69, 9.17) is 9.47 Å². The maximum absolute atomic E-state index is 12.1. The van der Waals surface area contributed by atoms with Crippen LogP contribution in [0.5, 0.6) is 11.5 Å². The van der Waals surface area contributed by atoms with Crippen LogP contribution in [0.3, 0.4) is 0 Å². The Labute approximate surface area is 151 Å². The SMILES string of the molecule is CCCC(=O)Nc1ccc(C(=O)NN=Cc2ccc3c(c2)OCO3)cc1. The molecule has 1 heterocycles. The first-order valence-electron chi connectivity index (χ1n) is 8.28. The molecular formula is C19H19N3O4. The molecule has 7 nitrogen and oxygen atoms in total. The van der Waals surface area contributed by atoms with Crippen molar-refractivity contribution in [2.45, 2.75) is 19.8 Å². The number of nitrogens with one attached hydrogen (secondary N) is 2. The molecule has 0 fully saturated rings. The Morgan fingerprint density at radius 1 is 1.12 bits per heavy atom. The molecule has 1 aliphatic heterocycles. The Morgan fingerprint density at radius 3 is 2.65 bits per heavy atom. The average molecular weight is 353 g/mol. The molecule has 2 aromatic carbocycles. The van der Waals surface area contributed by atoms with Crippen LogP contribution < -0.4 is 20.2 Å². The molecule has 0 spiro atoms. The highest BCUT2D eigenvalue weighted by atomic mass is 16.7. The summed E-state index contributed by atoms with van der Waals surface area (Å²) in [6, 6.07) is 12.0. The Morgan fingerprint density at radius 2 is 1.88 bits per heavy atom. The number of nitrogens with zero attached hydrogens (tertiary/aromatic N) is 1. The lowest BCUT2D eigenvalue weighted by Crippen LogP contribution is -2.17. The Kier molecular flexibility index (Phi) is 5.48. The predicted octanol–water partition coefficient (Wildman–Crippen LogP) is 2.92. The van der Waals surface area contributed by atoms with Crippen LogP contribution in [0.15, 0.2) is 47.6 Å². The molecule has 0 aromatic heterocycles. The van der Waals surface area contributed by atoms with Crippen molar-refractivity contribution < 1.29 is 19.1 Å². The van der Waals surface area contributed by atoms with E-state index in [1.807, 2.05) is 13.0 Å². The van der Waals surface area contributed by atoms with Crippen LogP contribution in [-0.4, -0.2) is 24.8 Å².